The number of nitrogens with one attached hydrogen (secondary N) is 2. The monoisotopic (exact) mass is 236 g/mol. The fraction of sp³-hybridized carbons (Fsp3) is 0.571. The lowest BCUT2D eigenvalue weighted by Gasteiger charge is -2.12. The second kappa shape index (κ2) is 7.96. The SMILES string of the molecule is CCOc1cccc(NCCNC(C)CC)c1. The van der Waals surface area contributed by atoms with Crippen molar-refractivity contribution < 1.29 is 4.74 Å². The van der Waals surface area contributed by atoms with Crippen LogP contribution in [0.15, 0.2) is 24.3 Å². The molecule has 0 saturated carbocycles. The molecule has 96 valence electrons. The van der Waals surface area contributed by atoms with Gasteiger partial charge in [-0.15, -0.1) is 0 Å². The van der Waals surface area contributed by atoms with Crippen LogP contribution in [0, 0.1) is 0 Å². The largest absolute Gasteiger partial charge is 0.494 e. The third-order valence-electron chi connectivity index (χ3n) is 2.70. The molecule has 1 aromatic carbocycles. The van der Waals surface area contributed by atoms with Crippen LogP contribution in [0.2, 0.25) is 0 Å². The van der Waals surface area contributed by atoms with Gasteiger partial charge in [0.15, 0.2) is 0 Å². The van der Waals surface area contributed by atoms with Crippen LogP contribution in [0.3, 0.4) is 0 Å². The normalized spacial score (nSPS) is 12.2. The van der Waals surface area contributed by atoms with Gasteiger partial charge in [0.1, 0.15) is 5.75 Å². The summed E-state index contributed by atoms with van der Waals surface area (Å²) in [6.45, 7) is 9.01. The molecule has 0 aromatic heterocycles. The highest BCUT2D eigenvalue weighted by molar-refractivity contribution is 5.48. The van der Waals surface area contributed by atoms with Gasteiger partial charge in [0.2, 0.25) is 0 Å². The van der Waals surface area contributed by atoms with E-state index in [1.54, 1.807) is 0 Å². The maximum absolute atomic E-state index is 5.45. The first-order valence-electron chi connectivity index (χ1n) is 6.46. The molecule has 0 aliphatic rings. The Balaban J connectivity index is 2.28. The minimum atomic E-state index is 0.589. The number of hydrogen-bond acceptors (Lipinski definition) is 3. The maximum atomic E-state index is 5.45. The highest BCUT2D eigenvalue weighted by Gasteiger charge is 1.97. The average Bonchev–Trinajstić information content (AvgIpc) is 2.35. The van der Waals surface area contributed by atoms with Gasteiger partial charge in [-0.25, -0.2) is 0 Å². The molecule has 0 fully saturated rings. The summed E-state index contributed by atoms with van der Waals surface area (Å²) in [6.07, 6.45) is 1.17. The molecule has 3 nitrogen and oxygen atoms in total. The maximum Gasteiger partial charge on any atom is 0.121 e. The van der Waals surface area contributed by atoms with Crippen molar-refractivity contribution in [2.45, 2.75) is 33.2 Å². The van der Waals surface area contributed by atoms with Gasteiger partial charge >= 0.3 is 0 Å². The Kier molecular flexibility index (Phi) is 6.48. The van der Waals surface area contributed by atoms with Crippen LogP contribution in [0.4, 0.5) is 5.69 Å². The predicted octanol–water partition coefficient (Wildman–Crippen LogP) is 2.89. The standard InChI is InChI=1S/C14H24N2O/c1-4-12(3)15-9-10-16-13-7-6-8-14(11-13)17-5-2/h6-8,11-12,15-16H,4-5,9-10H2,1-3H3. The average molecular weight is 236 g/mol. The van der Waals surface area contributed by atoms with Crippen molar-refractivity contribution in [1.29, 1.82) is 0 Å². The summed E-state index contributed by atoms with van der Waals surface area (Å²) in [5.74, 6) is 0.924. The van der Waals surface area contributed by atoms with E-state index in [0.29, 0.717) is 12.6 Å². The smallest absolute Gasteiger partial charge is 0.121 e. The van der Waals surface area contributed by atoms with Crippen LogP contribution >= 0.6 is 0 Å². The van der Waals surface area contributed by atoms with Crippen LogP contribution in [0.1, 0.15) is 27.2 Å². The third-order valence-corrected chi connectivity index (χ3v) is 2.70. The molecule has 0 amide bonds. The van der Waals surface area contributed by atoms with Crippen molar-refractivity contribution in [1.82, 2.24) is 5.32 Å². The quantitative estimate of drug-likeness (QED) is 0.681. The number of ether oxygens (including phenoxy) is 1. The van der Waals surface area contributed by atoms with Gasteiger partial charge in [-0.1, -0.05) is 13.0 Å². The van der Waals surface area contributed by atoms with Crippen molar-refractivity contribution in [3.8, 4) is 5.75 Å². The molecular formula is C14H24N2O. The molecule has 0 aliphatic heterocycles. The summed E-state index contributed by atoms with van der Waals surface area (Å²) < 4.78 is 5.45. The van der Waals surface area contributed by atoms with Gasteiger partial charge in [0.05, 0.1) is 6.61 Å². The van der Waals surface area contributed by atoms with E-state index in [1.165, 1.54) is 6.42 Å². The Morgan fingerprint density at radius 2 is 2.06 bits per heavy atom. The first-order chi connectivity index (χ1) is 8.26. The fourth-order valence-corrected chi connectivity index (χ4v) is 1.53. The number of rotatable bonds is 8. The highest BCUT2D eigenvalue weighted by Crippen LogP contribution is 2.16. The van der Waals surface area contributed by atoms with Crippen molar-refractivity contribution in [2.75, 3.05) is 25.0 Å². The van der Waals surface area contributed by atoms with Gasteiger partial charge < -0.3 is 15.4 Å². The molecular weight excluding hydrogens is 212 g/mol. The molecule has 1 aromatic rings. The zero-order chi connectivity index (χ0) is 12.5. The minimum Gasteiger partial charge on any atom is -0.494 e. The molecule has 0 heterocycles. The molecule has 0 radical (unpaired) electrons. The summed E-state index contributed by atoms with van der Waals surface area (Å²) in [5.41, 5.74) is 1.11. The zero-order valence-corrected chi connectivity index (χ0v) is 11.1. The first-order valence-corrected chi connectivity index (χ1v) is 6.46. The highest BCUT2D eigenvalue weighted by atomic mass is 16.5. The zero-order valence-electron chi connectivity index (χ0n) is 11.1. The lowest BCUT2D eigenvalue weighted by molar-refractivity contribution is 0.340. The van der Waals surface area contributed by atoms with E-state index in [0.717, 1.165) is 24.5 Å². The summed E-state index contributed by atoms with van der Waals surface area (Å²) in [7, 11) is 0. The van der Waals surface area contributed by atoms with Gasteiger partial charge in [-0.3, -0.25) is 0 Å². The van der Waals surface area contributed by atoms with Crippen LogP contribution < -0.4 is 15.4 Å². The van der Waals surface area contributed by atoms with Gasteiger partial charge in [0, 0.05) is 30.9 Å². The van der Waals surface area contributed by atoms with Gasteiger partial charge in [0.25, 0.3) is 0 Å². The topological polar surface area (TPSA) is 33.3 Å². The molecule has 1 unspecified atom stereocenters. The fourth-order valence-electron chi connectivity index (χ4n) is 1.53. The number of benzene rings is 1. The predicted molar refractivity (Wildman–Crippen MR) is 73.9 cm³/mol. The molecule has 2 N–H and O–H groups in total. The van der Waals surface area contributed by atoms with E-state index in [-0.39, 0.29) is 0 Å². The van der Waals surface area contributed by atoms with Crippen LogP contribution in [-0.4, -0.2) is 25.7 Å². The van der Waals surface area contributed by atoms with E-state index in [4.69, 9.17) is 4.74 Å². The van der Waals surface area contributed by atoms with E-state index in [2.05, 4.69) is 30.5 Å². The van der Waals surface area contributed by atoms with Crippen molar-refractivity contribution >= 4 is 5.69 Å². The lowest BCUT2D eigenvalue weighted by atomic mass is 10.2. The molecule has 0 aliphatic carbocycles. The molecule has 3 heteroatoms. The second-order valence-electron chi connectivity index (χ2n) is 4.15. The molecule has 0 spiro atoms. The first kappa shape index (κ1) is 13.8. The minimum absolute atomic E-state index is 0.589. The number of hydrogen-bond donors (Lipinski definition) is 2. The van der Waals surface area contributed by atoms with Gasteiger partial charge in [-0.2, -0.15) is 0 Å². The van der Waals surface area contributed by atoms with E-state index >= 15 is 0 Å². The summed E-state index contributed by atoms with van der Waals surface area (Å²) >= 11 is 0. The lowest BCUT2D eigenvalue weighted by Crippen LogP contribution is -2.30. The van der Waals surface area contributed by atoms with E-state index in [9.17, 15) is 0 Å². The van der Waals surface area contributed by atoms with Crippen molar-refractivity contribution in [2.24, 2.45) is 0 Å². The Morgan fingerprint density at radius 1 is 1.24 bits per heavy atom. The number of anilines is 1. The molecule has 1 atom stereocenters. The molecule has 0 bridgehead atoms. The Hall–Kier alpha value is -1.22. The van der Waals surface area contributed by atoms with Gasteiger partial charge in [-0.05, 0) is 32.4 Å². The summed E-state index contributed by atoms with van der Waals surface area (Å²) in [5, 5.41) is 6.83. The Morgan fingerprint density at radius 3 is 2.76 bits per heavy atom. The molecule has 1 rings (SSSR count). The second-order valence-corrected chi connectivity index (χ2v) is 4.15. The third kappa shape index (κ3) is 5.59. The van der Waals surface area contributed by atoms with E-state index in [1.807, 2.05) is 25.1 Å². The van der Waals surface area contributed by atoms with Crippen molar-refractivity contribution in [3.63, 3.8) is 0 Å². The summed E-state index contributed by atoms with van der Waals surface area (Å²) in [4.78, 5) is 0. The van der Waals surface area contributed by atoms with Crippen LogP contribution in [0.5, 0.6) is 5.75 Å². The van der Waals surface area contributed by atoms with Crippen LogP contribution in [0.25, 0.3) is 0 Å². The molecule has 0 saturated heterocycles. The summed E-state index contributed by atoms with van der Waals surface area (Å²) in [6, 6.07) is 8.67. The van der Waals surface area contributed by atoms with Crippen LogP contribution in [-0.2, 0) is 0 Å². The Labute approximate surface area is 105 Å². The van der Waals surface area contributed by atoms with Crippen molar-refractivity contribution in [3.05, 3.63) is 24.3 Å². The Bertz CT molecular complexity index is 315. The van der Waals surface area contributed by atoms with E-state index < -0.39 is 0 Å². The molecule has 17 heavy (non-hydrogen) atoms.